The molecule has 12 nitrogen and oxygen atoms in total. The van der Waals surface area contributed by atoms with E-state index in [1.807, 2.05) is 72.8 Å². The molecule has 0 N–H and O–H groups in total. The Balaban J connectivity index is 1.15. The largest absolute Gasteiger partial charge is 0.334 e. The number of benzene rings is 3. The van der Waals surface area contributed by atoms with Crippen LogP contribution in [0.15, 0.2) is 90.9 Å². The lowest BCUT2D eigenvalue weighted by Crippen LogP contribution is -1.85. The Hall–Kier alpha value is -5.78. The summed E-state index contributed by atoms with van der Waals surface area (Å²) in [6.45, 7) is 3.53. The Morgan fingerprint density at radius 2 is 0.725 bits per heavy atom. The first-order valence-corrected chi connectivity index (χ1v) is 12.2. The van der Waals surface area contributed by atoms with E-state index in [9.17, 15) is 0 Å². The van der Waals surface area contributed by atoms with Gasteiger partial charge in [-0.15, -0.1) is 0 Å². The van der Waals surface area contributed by atoms with Crippen molar-refractivity contribution >= 4 is 0 Å². The zero-order valence-corrected chi connectivity index (χ0v) is 21.1. The van der Waals surface area contributed by atoms with E-state index in [-0.39, 0.29) is 0 Å². The Morgan fingerprint density at radius 3 is 1.10 bits per heavy atom. The van der Waals surface area contributed by atoms with Crippen LogP contribution in [-0.2, 0) is 0 Å². The molecule has 0 unspecified atom stereocenters. The van der Waals surface area contributed by atoms with Crippen molar-refractivity contribution in [2.75, 3.05) is 0 Å². The van der Waals surface area contributed by atoms with Crippen LogP contribution in [0.5, 0.6) is 0 Å². The van der Waals surface area contributed by atoms with Gasteiger partial charge in [0, 0.05) is 33.4 Å². The fraction of sp³-hybridized carbons (Fsp3) is 0.0714. The zero-order chi connectivity index (χ0) is 27.1. The smallest absolute Gasteiger partial charge is 0.258 e. The zero-order valence-electron chi connectivity index (χ0n) is 21.1. The standard InChI is InChI=1S/C28H18N8O4/c1-15-29-25(37-33-15)19-8-3-6-17(12-19)23-31-27(39-35-23)21-10-5-11-22(14-21)28-32-24(36-40-28)18-7-4-9-20(13-18)26-30-16(2)34-38-26/h3-14H,1-2H3. The molecule has 4 aromatic heterocycles. The van der Waals surface area contributed by atoms with Crippen LogP contribution >= 0.6 is 0 Å². The average molecular weight is 531 g/mol. The highest BCUT2D eigenvalue weighted by molar-refractivity contribution is 5.70. The third kappa shape index (κ3) is 4.43. The van der Waals surface area contributed by atoms with Gasteiger partial charge in [-0.25, -0.2) is 0 Å². The molecule has 0 bridgehead atoms. The summed E-state index contributed by atoms with van der Waals surface area (Å²) < 4.78 is 21.7. The van der Waals surface area contributed by atoms with E-state index in [1.165, 1.54) is 0 Å². The van der Waals surface area contributed by atoms with E-state index in [2.05, 4.69) is 40.6 Å². The molecule has 0 fully saturated rings. The van der Waals surface area contributed by atoms with Gasteiger partial charge in [-0.1, -0.05) is 51.0 Å². The minimum Gasteiger partial charge on any atom is -0.334 e. The molecule has 40 heavy (non-hydrogen) atoms. The van der Waals surface area contributed by atoms with Crippen LogP contribution < -0.4 is 0 Å². The minimum absolute atomic E-state index is 0.346. The number of aromatic nitrogens is 8. The van der Waals surface area contributed by atoms with Gasteiger partial charge in [0.15, 0.2) is 11.6 Å². The number of rotatable bonds is 6. The summed E-state index contributed by atoms with van der Waals surface area (Å²) in [5.41, 5.74) is 4.42. The maximum atomic E-state index is 5.58. The first kappa shape index (κ1) is 23.3. The van der Waals surface area contributed by atoms with Crippen molar-refractivity contribution < 1.29 is 18.1 Å². The van der Waals surface area contributed by atoms with Crippen molar-refractivity contribution in [3.63, 3.8) is 0 Å². The van der Waals surface area contributed by atoms with Gasteiger partial charge < -0.3 is 18.1 Å². The fourth-order valence-electron chi connectivity index (χ4n) is 4.11. The first-order valence-electron chi connectivity index (χ1n) is 12.2. The van der Waals surface area contributed by atoms with Gasteiger partial charge in [0.05, 0.1) is 0 Å². The molecule has 194 valence electrons. The molecule has 0 amide bonds. The van der Waals surface area contributed by atoms with Gasteiger partial charge in [-0.05, 0) is 56.3 Å². The predicted molar refractivity (Wildman–Crippen MR) is 140 cm³/mol. The average Bonchev–Trinajstić information content (AvgIpc) is 3.81. The van der Waals surface area contributed by atoms with Crippen LogP contribution in [-0.4, -0.2) is 40.6 Å². The van der Waals surface area contributed by atoms with Gasteiger partial charge >= 0.3 is 0 Å². The van der Waals surface area contributed by atoms with Crippen LogP contribution in [0.2, 0.25) is 0 Å². The molecule has 3 aromatic carbocycles. The van der Waals surface area contributed by atoms with E-state index < -0.39 is 0 Å². The highest BCUT2D eigenvalue weighted by Crippen LogP contribution is 2.30. The summed E-state index contributed by atoms with van der Waals surface area (Å²) in [7, 11) is 0. The lowest BCUT2D eigenvalue weighted by molar-refractivity contribution is 0.425. The van der Waals surface area contributed by atoms with Gasteiger partial charge in [-0.2, -0.15) is 19.9 Å². The second kappa shape index (κ2) is 9.51. The van der Waals surface area contributed by atoms with E-state index in [0.717, 1.165) is 22.3 Å². The molecule has 0 saturated heterocycles. The number of hydrogen-bond acceptors (Lipinski definition) is 12. The highest BCUT2D eigenvalue weighted by Gasteiger charge is 2.17. The van der Waals surface area contributed by atoms with Gasteiger partial charge in [0.2, 0.25) is 11.6 Å². The Morgan fingerprint density at radius 1 is 0.400 bits per heavy atom. The Bertz CT molecular complexity index is 1830. The van der Waals surface area contributed by atoms with Gasteiger partial charge in [0.1, 0.15) is 0 Å². The topological polar surface area (TPSA) is 156 Å². The molecule has 0 aliphatic rings. The second-order valence-corrected chi connectivity index (χ2v) is 8.88. The molecule has 0 aliphatic carbocycles. The Labute approximate surface area is 225 Å². The second-order valence-electron chi connectivity index (χ2n) is 8.88. The lowest BCUT2D eigenvalue weighted by atomic mass is 10.1. The molecule has 7 rings (SSSR count). The van der Waals surface area contributed by atoms with Gasteiger partial charge in [0.25, 0.3) is 23.6 Å². The van der Waals surface area contributed by atoms with Crippen molar-refractivity contribution in [2.24, 2.45) is 0 Å². The lowest BCUT2D eigenvalue weighted by Gasteiger charge is -1.99. The first-order chi connectivity index (χ1) is 19.6. The summed E-state index contributed by atoms with van der Waals surface area (Å²) in [5, 5.41) is 16.0. The molecule has 0 aliphatic heterocycles. The summed E-state index contributed by atoms with van der Waals surface area (Å²) >= 11 is 0. The quantitative estimate of drug-likeness (QED) is 0.253. The third-order valence-electron chi connectivity index (χ3n) is 6.00. The molecular formula is C28H18N8O4. The van der Waals surface area contributed by atoms with Crippen molar-refractivity contribution in [3.8, 4) is 68.6 Å². The molecule has 7 aromatic rings. The SMILES string of the molecule is Cc1noc(-c2cccc(-c3noc(-c4cccc(-c5nc(-c6cccc(-c7nc(C)no7)c6)no5)c4)n3)c2)n1. The van der Waals surface area contributed by atoms with E-state index >= 15 is 0 Å². The molecular weight excluding hydrogens is 512 g/mol. The van der Waals surface area contributed by atoms with E-state index in [4.69, 9.17) is 18.1 Å². The summed E-state index contributed by atoms with van der Waals surface area (Å²) in [6.07, 6.45) is 0. The van der Waals surface area contributed by atoms with Crippen LogP contribution in [0.25, 0.3) is 68.6 Å². The van der Waals surface area contributed by atoms with Crippen molar-refractivity contribution in [2.45, 2.75) is 13.8 Å². The summed E-state index contributed by atoms with van der Waals surface area (Å²) in [6, 6.07) is 22.4. The maximum absolute atomic E-state index is 5.58. The molecule has 0 radical (unpaired) electrons. The number of aryl methyl sites for hydroxylation is 2. The van der Waals surface area contributed by atoms with Gasteiger partial charge in [-0.3, -0.25) is 0 Å². The minimum atomic E-state index is 0.346. The van der Waals surface area contributed by atoms with E-state index in [1.54, 1.807) is 13.8 Å². The van der Waals surface area contributed by atoms with Crippen molar-refractivity contribution in [1.82, 2.24) is 40.6 Å². The molecule has 12 heteroatoms. The van der Waals surface area contributed by atoms with Crippen LogP contribution in [0.3, 0.4) is 0 Å². The fourth-order valence-corrected chi connectivity index (χ4v) is 4.11. The predicted octanol–water partition coefficient (Wildman–Crippen LogP) is 5.84. The monoisotopic (exact) mass is 530 g/mol. The normalized spacial score (nSPS) is 11.2. The number of hydrogen-bond donors (Lipinski definition) is 0. The summed E-state index contributed by atoms with van der Waals surface area (Å²) in [5.74, 6) is 3.50. The van der Waals surface area contributed by atoms with Crippen LogP contribution in [0.1, 0.15) is 11.6 Å². The van der Waals surface area contributed by atoms with Crippen LogP contribution in [0.4, 0.5) is 0 Å². The third-order valence-corrected chi connectivity index (χ3v) is 6.00. The van der Waals surface area contributed by atoms with Crippen molar-refractivity contribution in [3.05, 3.63) is 84.4 Å². The molecule has 4 heterocycles. The summed E-state index contributed by atoms with van der Waals surface area (Å²) in [4.78, 5) is 17.7. The molecule has 0 saturated carbocycles. The Kier molecular flexibility index (Phi) is 5.55. The molecule has 0 spiro atoms. The van der Waals surface area contributed by atoms with Crippen LogP contribution in [0, 0.1) is 13.8 Å². The highest BCUT2D eigenvalue weighted by atomic mass is 16.5. The molecule has 0 atom stereocenters. The number of nitrogens with zero attached hydrogens (tertiary/aromatic N) is 8. The van der Waals surface area contributed by atoms with E-state index in [0.29, 0.717) is 58.0 Å². The van der Waals surface area contributed by atoms with Crippen molar-refractivity contribution in [1.29, 1.82) is 0 Å². The maximum Gasteiger partial charge on any atom is 0.258 e.